The first kappa shape index (κ1) is 8.89. The monoisotopic (exact) mass is 164 g/mol. The molecule has 0 aromatic rings. The second-order valence-electron chi connectivity index (χ2n) is 2.87. The van der Waals surface area contributed by atoms with Crippen molar-refractivity contribution in [2.45, 2.75) is 31.0 Å². The van der Waals surface area contributed by atoms with E-state index in [9.17, 15) is 5.11 Å². The third kappa shape index (κ3) is 1.52. The van der Waals surface area contributed by atoms with E-state index < -0.39 is 24.1 Å². The molecule has 0 aromatic carbocycles. The predicted octanol–water partition coefficient (Wildman–Crippen LogP) is -2.19. The molecule has 1 aliphatic rings. The fourth-order valence-electron chi connectivity index (χ4n) is 0.965. The minimum absolute atomic E-state index is 0.175. The zero-order valence-electron chi connectivity index (χ0n) is 6.14. The predicted molar refractivity (Wildman–Crippen MR) is 34.6 cm³/mol. The van der Waals surface area contributed by atoms with Gasteiger partial charge in [0.1, 0.15) is 18.3 Å². The van der Waals surface area contributed by atoms with Crippen LogP contribution in [0.5, 0.6) is 0 Å². The molecular weight excluding hydrogens is 152 g/mol. The highest BCUT2D eigenvalue weighted by Gasteiger charge is 2.44. The van der Waals surface area contributed by atoms with Gasteiger partial charge >= 0.3 is 0 Å². The number of hydrogen-bond acceptors (Lipinski definition) is 5. The summed E-state index contributed by atoms with van der Waals surface area (Å²) in [5.41, 5.74) is 0. The molecule has 1 rings (SSSR count). The summed E-state index contributed by atoms with van der Waals surface area (Å²) in [6.07, 6.45) is -3.95. The summed E-state index contributed by atoms with van der Waals surface area (Å²) in [5, 5.41) is 36.3. The minimum atomic E-state index is -1.77. The second kappa shape index (κ2) is 2.69. The van der Waals surface area contributed by atoms with Crippen LogP contribution in [0.4, 0.5) is 0 Å². The fourth-order valence-corrected chi connectivity index (χ4v) is 0.965. The van der Waals surface area contributed by atoms with Crippen LogP contribution in [-0.2, 0) is 4.74 Å². The quantitative estimate of drug-likeness (QED) is 0.326. The highest BCUT2D eigenvalue weighted by atomic mass is 16.6. The van der Waals surface area contributed by atoms with Crippen LogP contribution < -0.4 is 0 Å². The molecule has 0 aliphatic carbocycles. The van der Waals surface area contributed by atoms with E-state index in [2.05, 4.69) is 4.74 Å². The van der Waals surface area contributed by atoms with Gasteiger partial charge in [0.25, 0.3) is 0 Å². The van der Waals surface area contributed by atoms with Crippen molar-refractivity contribution in [1.29, 1.82) is 0 Å². The summed E-state index contributed by atoms with van der Waals surface area (Å²) in [6, 6.07) is 0. The van der Waals surface area contributed by atoms with E-state index in [0.717, 1.165) is 0 Å². The van der Waals surface area contributed by atoms with Gasteiger partial charge in [-0.3, -0.25) is 0 Å². The van der Waals surface area contributed by atoms with E-state index in [4.69, 9.17) is 15.3 Å². The highest BCUT2D eigenvalue weighted by Crippen LogP contribution is 2.22. The van der Waals surface area contributed by atoms with Crippen LogP contribution in [0, 0.1) is 0 Å². The Hall–Kier alpha value is -0.200. The molecule has 0 bridgehead atoms. The lowest BCUT2D eigenvalue weighted by Gasteiger charge is -2.39. The lowest BCUT2D eigenvalue weighted by atomic mass is 9.98. The number of hydrogen-bond donors (Lipinski definition) is 4. The Balaban J connectivity index is 2.67. The Morgan fingerprint density at radius 3 is 2.36 bits per heavy atom. The van der Waals surface area contributed by atoms with Crippen molar-refractivity contribution < 1.29 is 25.2 Å². The minimum Gasteiger partial charge on any atom is -0.388 e. The Labute approximate surface area is 63.8 Å². The lowest BCUT2D eigenvalue weighted by molar-refractivity contribution is -0.312. The molecule has 4 N–H and O–H groups in total. The molecule has 1 saturated heterocycles. The van der Waals surface area contributed by atoms with Gasteiger partial charge < -0.3 is 25.2 Å². The van der Waals surface area contributed by atoms with Crippen LogP contribution in [-0.4, -0.2) is 51.1 Å². The Morgan fingerprint density at radius 2 is 1.91 bits per heavy atom. The molecule has 0 aromatic heterocycles. The van der Waals surface area contributed by atoms with E-state index in [1.165, 1.54) is 6.92 Å². The van der Waals surface area contributed by atoms with Gasteiger partial charge in [0.15, 0.2) is 5.79 Å². The van der Waals surface area contributed by atoms with Gasteiger partial charge in [0.05, 0.1) is 6.61 Å². The van der Waals surface area contributed by atoms with Gasteiger partial charge in [-0.1, -0.05) is 0 Å². The average Bonchev–Trinajstić information content (AvgIpc) is 1.95. The molecule has 0 amide bonds. The molecule has 0 spiro atoms. The molecule has 5 nitrogen and oxygen atoms in total. The van der Waals surface area contributed by atoms with Crippen molar-refractivity contribution in [3.63, 3.8) is 0 Å². The van der Waals surface area contributed by atoms with Gasteiger partial charge in [-0.15, -0.1) is 0 Å². The fraction of sp³-hybridized carbons (Fsp3) is 1.00. The summed E-state index contributed by atoms with van der Waals surface area (Å²) in [4.78, 5) is 0. The zero-order chi connectivity index (χ0) is 8.65. The summed E-state index contributed by atoms with van der Waals surface area (Å²) in [6.45, 7) is 1.05. The molecule has 11 heavy (non-hydrogen) atoms. The molecule has 0 saturated carbocycles. The molecular formula is C6H12O5. The molecule has 5 heteroatoms. The topological polar surface area (TPSA) is 90.2 Å². The summed E-state index contributed by atoms with van der Waals surface area (Å²) < 4.78 is 4.66. The van der Waals surface area contributed by atoms with Crippen LogP contribution >= 0.6 is 0 Å². The van der Waals surface area contributed by atoms with Crippen molar-refractivity contribution in [3.8, 4) is 0 Å². The molecule has 0 radical (unpaired) electrons. The first-order valence-corrected chi connectivity index (χ1v) is 3.35. The standard InChI is InChI=1S/C6H12O5/c1-6(10)5(9)4(8)3(7)2-11-6/h3-5,7-10H,2H2,1H3/t3-,4?,5?,6-/m1/s1. The maximum absolute atomic E-state index is 9.19. The smallest absolute Gasteiger partial charge is 0.191 e. The number of aliphatic hydroxyl groups excluding tert-OH is 3. The van der Waals surface area contributed by atoms with E-state index in [-0.39, 0.29) is 6.61 Å². The van der Waals surface area contributed by atoms with Crippen LogP contribution in [0.3, 0.4) is 0 Å². The Morgan fingerprint density at radius 1 is 1.36 bits per heavy atom. The van der Waals surface area contributed by atoms with Crippen molar-refractivity contribution in [2.24, 2.45) is 0 Å². The van der Waals surface area contributed by atoms with Crippen LogP contribution in [0.1, 0.15) is 6.92 Å². The summed E-state index contributed by atoms with van der Waals surface area (Å²) in [7, 11) is 0. The second-order valence-corrected chi connectivity index (χ2v) is 2.87. The van der Waals surface area contributed by atoms with E-state index in [1.807, 2.05) is 0 Å². The van der Waals surface area contributed by atoms with Gasteiger partial charge in [-0.25, -0.2) is 0 Å². The summed E-state index contributed by atoms with van der Waals surface area (Å²) in [5.74, 6) is -1.77. The van der Waals surface area contributed by atoms with Crippen LogP contribution in [0.15, 0.2) is 0 Å². The van der Waals surface area contributed by atoms with Gasteiger partial charge in [-0.05, 0) is 6.92 Å². The zero-order valence-corrected chi connectivity index (χ0v) is 6.14. The maximum Gasteiger partial charge on any atom is 0.191 e. The van der Waals surface area contributed by atoms with Crippen molar-refractivity contribution in [2.75, 3.05) is 6.61 Å². The highest BCUT2D eigenvalue weighted by molar-refractivity contribution is 4.88. The summed E-state index contributed by atoms with van der Waals surface area (Å²) >= 11 is 0. The van der Waals surface area contributed by atoms with E-state index >= 15 is 0 Å². The lowest BCUT2D eigenvalue weighted by Crippen LogP contribution is -2.59. The van der Waals surface area contributed by atoms with Crippen molar-refractivity contribution >= 4 is 0 Å². The SMILES string of the molecule is C[C@@]1(O)OC[C@@H](O)C(O)C1O. The Bertz CT molecular complexity index is 146. The van der Waals surface area contributed by atoms with E-state index in [0.29, 0.717) is 0 Å². The van der Waals surface area contributed by atoms with Gasteiger partial charge in [0.2, 0.25) is 0 Å². The van der Waals surface area contributed by atoms with Gasteiger partial charge in [0, 0.05) is 0 Å². The number of ether oxygens (including phenoxy) is 1. The maximum atomic E-state index is 9.19. The number of rotatable bonds is 0. The van der Waals surface area contributed by atoms with Gasteiger partial charge in [-0.2, -0.15) is 0 Å². The molecule has 4 atom stereocenters. The van der Waals surface area contributed by atoms with Crippen LogP contribution in [0.25, 0.3) is 0 Å². The van der Waals surface area contributed by atoms with E-state index in [1.54, 1.807) is 0 Å². The third-order valence-electron chi connectivity index (χ3n) is 1.81. The third-order valence-corrected chi connectivity index (χ3v) is 1.81. The van der Waals surface area contributed by atoms with Crippen molar-refractivity contribution in [1.82, 2.24) is 0 Å². The number of aliphatic hydroxyl groups is 4. The average molecular weight is 164 g/mol. The molecule has 1 fully saturated rings. The molecule has 1 heterocycles. The largest absolute Gasteiger partial charge is 0.388 e. The molecule has 66 valence electrons. The normalized spacial score (nSPS) is 52.6. The van der Waals surface area contributed by atoms with Crippen LogP contribution in [0.2, 0.25) is 0 Å². The Kier molecular flexibility index (Phi) is 2.17. The first-order chi connectivity index (χ1) is 4.95. The molecule has 1 aliphatic heterocycles. The van der Waals surface area contributed by atoms with Crippen molar-refractivity contribution in [3.05, 3.63) is 0 Å². The molecule has 2 unspecified atom stereocenters. The first-order valence-electron chi connectivity index (χ1n) is 3.35.